The van der Waals surface area contributed by atoms with Gasteiger partial charge in [0.25, 0.3) is 5.56 Å². The van der Waals surface area contributed by atoms with E-state index in [4.69, 9.17) is 18.7 Å². The van der Waals surface area contributed by atoms with E-state index >= 15 is 0 Å². The van der Waals surface area contributed by atoms with Crippen LogP contribution in [0.25, 0.3) is 0 Å². The quantitative estimate of drug-likeness (QED) is 0.275. The highest BCUT2D eigenvalue weighted by Crippen LogP contribution is 2.76. The van der Waals surface area contributed by atoms with Gasteiger partial charge in [-0.1, -0.05) is 0 Å². The average molecular weight is 534 g/mol. The van der Waals surface area contributed by atoms with Crippen molar-refractivity contribution in [3.63, 3.8) is 0 Å². The molecule has 2 saturated heterocycles. The molecule has 0 radical (unpaired) electrons. The lowest BCUT2D eigenvalue weighted by Gasteiger charge is -2.27. The van der Waals surface area contributed by atoms with Gasteiger partial charge in [0.1, 0.15) is 12.2 Å². The fourth-order valence-electron chi connectivity index (χ4n) is 2.93. The lowest BCUT2D eigenvalue weighted by atomic mass is 10.0. The Hall–Kier alpha value is -1.77. The minimum absolute atomic E-state index is 0.126. The molecular weight excluding hydrogens is 517 g/mol. The number of carbonyl (C=O) groups excluding carboxylic acids is 2. The number of aromatic amines is 2. The van der Waals surface area contributed by atoms with Gasteiger partial charge in [-0.05, 0) is 0 Å². The number of H-pyrrole nitrogens is 2. The molecule has 2 aliphatic rings. The number of phosphoric acid groups is 2. The Labute approximate surface area is 184 Å². The molecule has 0 spiro atoms. The summed E-state index contributed by atoms with van der Waals surface area (Å²) in [5, 5.41) is 0. The van der Waals surface area contributed by atoms with Crippen molar-refractivity contribution in [3.8, 4) is 0 Å². The molecule has 1 aromatic rings. The molecule has 20 heteroatoms. The average Bonchev–Trinajstić information content (AvgIpc) is 2.93. The number of rotatable bonds is 6. The van der Waals surface area contributed by atoms with E-state index in [1.165, 1.54) is 0 Å². The summed E-state index contributed by atoms with van der Waals surface area (Å²) in [5.41, 5.74) is -1.82. The second-order valence-corrected chi connectivity index (χ2v) is 11.0. The largest absolute Gasteiger partial charge is 0.488 e. The Balaban J connectivity index is 1.87. The maximum atomic E-state index is 11.7. The van der Waals surface area contributed by atoms with E-state index in [1.54, 1.807) is 0 Å². The third kappa shape index (κ3) is 6.87. The van der Waals surface area contributed by atoms with Crippen LogP contribution in [-0.2, 0) is 50.4 Å². The summed E-state index contributed by atoms with van der Waals surface area (Å²) >= 11 is 0. The van der Waals surface area contributed by atoms with Gasteiger partial charge in [0, 0.05) is 19.9 Å². The van der Waals surface area contributed by atoms with Crippen molar-refractivity contribution >= 4 is 36.2 Å². The zero-order valence-electron chi connectivity index (χ0n) is 16.6. The van der Waals surface area contributed by atoms with Crippen LogP contribution < -0.4 is 11.2 Å². The summed E-state index contributed by atoms with van der Waals surface area (Å²) in [6.07, 6.45) is -5.34. The van der Waals surface area contributed by atoms with Gasteiger partial charge in [-0.15, -0.1) is 0 Å². The fourth-order valence-corrected chi connectivity index (χ4v) is 7.13. The van der Waals surface area contributed by atoms with Crippen molar-refractivity contribution in [2.75, 3.05) is 6.61 Å². The van der Waals surface area contributed by atoms with Crippen molar-refractivity contribution in [1.82, 2.24) is 9.97 Å². The van der Waals surface area contributed by atoms with Gasteiger partial charge in [-0.2, -0.15) is 4.31 Å². The molecule has 0 aliphatic carbocycles. The van der Waals surface area contributed by atoms with Gasteiger partial charge in [-0.25, -0.2) is 22.5 Å². The van der Waals surface area contributed by atoms with E-state index in [2.05, 4.69) is 17.9 Å². The Bertz CT molecular complexity index is 1080. The van der Waals surface area contributed by atoms with Crippen molar-refractivity contribution in [1.29, 1.82) is 0 Å². The molecule has 0 saturated carbocycles. The number of carbonyl (C=O) groups is 2. The van der Waals surface area contributed by atoms with Crippen molar-refractivity contribution in [2.45, 2.75) is 38.3 Å². The monoisotopic (exact) mass is 534 g/mol. The molecule has 33 heavy (non-hydrogen) atoms. The standard InChI is InChI=1S/C13H17N2O15P3/c1-5(16)25-11-8(4-24-31-28-32(20,21)30-33(22,23)29-31)27-10(12(11)26-6(2)17)7-3-9(18)15-13(19)14-7/h3,8,10-12H,4H2,1-2H3,(H,20,21)(H,22,23)(H2,14,15,18,19)/t8-,10+,11-,12+/m1/s1. The molecule has 184 valence electrons. The molecule has 0 aromatic carbocycles. The third-order valence-corrected chi connectivity index (χ3v) is 8.62. The summed E-state index contributed by atoms with van der Waals surface area (Å²) in [6.45, 7) is 1.45. The second-order valence-electron chi connectivity index (χ2n) is 6.49. The molecule has 3 heterocycles. The van der Waals surface area contributed by atoms with Crippen molar-refractivity contribution < 1.29 is 60.2 Å². The smallest absolute Gasteiger partial charge is 0.456 e. The predicted molar refractivity (Wildman–Crippen MR) is 102 cm³/mol. The number of esters is 2. The third-order valence-electron chi connectivity index (χ3n) is 3.89. The van der Waals surface area contributed by atoms with Crippen molar-refractivity contribution in [2.24, 2.45) is 0 Å². The minimum Gasteiger partial charge on any atom is -0.456 e. The maximum Gasteiger partial charge on any atom is 0.488 e. The molecule has 6 atom stereocenters. The van der Waals surface area contributed by atoms with E-state index in [0.717, 1.165) is 19.9 Å². The first-order valence-electron chi connectivity index (χ1n) is 8.77. The SMILES string of the molecule is CC(=O)O[C@@H]1[C@H](OC(C)=O)[C@@H](COP2OP(=O)(O)OP(=O)(O)O2)O[C@H]1c1cc(=O)[nH]c(=O)[nH]1. The number of hydrogen-bond acceptors (Lipinski definition) is 13. The summed E-state index contributed by atoms with van der Waals surface area (Å²) in [7, 11) is -12.9. The van der Waals surface area contributed by atoms with Crippen LogP contribution in [-0.4, -0.2) is 56.6 Å². The van der Waals surface area contributed by atoms with E-state index < -0.39 is 78.5 Å². The van der Waals surface area contributed by atoms with Crippen LogP contribution in [0.3, 0.4) is 0 Å². The van der Waals surface area contributed by atoms with Gasteiger partial charge >= 0.3 is 41.9 Å². The summed E-state index contributed by atoms with van der Waals surface area (Å²) in [5.74, 6) is -1.64. The number of hydrogen-bond donors (Lipinski definition) is 4. The maximum absolute atomic E-state index is 11.7. The van der Waals surface area contributed by atoms with E-state index in [1.807, 2.05) is 4.98 Å². The van der Waals surface area contributed by atoms with E-state index in [9.17, 15) is 38.1 Å². The highest BCUT2D eigenvalue weighted by Gasteiger charge is 2.52. The lowest BCUT2D eigenvalue weighted by molar-refractivity contribution is -0.164. The molecule has 2 aliphatic heterocycles. The van der Waals surface area contributed by atoms with Crippen LogP contribution in [0.4, 0.5) is 0 Å². The summed E-state index contributed by atoms with van der Waals surface area (Å²) in [4.78, 5) is 69.6. The highest BCUT2D eigenvalue weighted by atomic mass is 31.3. The molecular formula is C13H17N2O15P3. The molecule has 1 aromatic heterocycles. The minimum atomic E-state index is -4.97. The van der Waals surface area contributed by atoms with E-state index in [0.29, 0.717) is 0 Å². The molecule has 17 nitrogen and oxygen atoms in total. The normalized spacial score (nSPS) is 36.3. The Kier molecular flexibility index (Phi) is 7.71. The number of ether oxygens (including phenoxy) is 3. The van der Waals surface area contributed by atoms with Gasteiger partial charge in [0.2, 0.25) is 0 Å². The van der Waals surface area contributed by atoms with Gasteiger partial charge in [0.05, 0.1) is 12.3 Å². The van der Waals surface area contributed by atoms with E-state index in [-0.39, 0.29) is 5.69 Å². The van der Waals surface area contributed by atoms with Crippen LogP contribution in [0.2, 0.25) is 0 Å². The zero-order valence-corrected chi connectivity index (χ0v) is 19.3. The van der Waals surface area contributed by atoms with Crippen LogP contribution in [0.1, 0.15) is 25.6 Å². The predicted octanol–water partition coefficient (Wildman–Crippen LogP) is -0.126. The molecule has 2 unspecified atom stereocenters. The first kappa shape index (κ1) is 25.8. The number of nitrogens with one attached hydrogen (secondary N) is 2. The molecule has 4 N–H and O–H groups in total. The summed E-state index contributed by atoms with van der Waals surface area (Å²) in [6, 6.07) is 0.954. The Morgan fingerprint density at radius 2 is 1.64 bits per heavy atom. The van der Waals surface area contributed by atoms with Crippen LogP contribution in [0.5, 0.6) is 0 Å². The van der Waals surface area contributed by atoms with Crippen LogP contribution in [0.15, 0.2) is 15.7 Å². The first-order valence-corrected chi connectivity index (χ1v) is 12.9. The highest BCUT2D eigenvalue weighted by molar-refractivity contribution is 7.72. The van der Waals surface area contributed by atoms with Gasteiger partial charge in [-0.3, -0.25) is 19.4 Å². The fraction of sp³-hybridized carbons (Fsp3) is 0.538. The molecule has 2 fully saturated rings. The topological polar surface area (TPSA) is 239 Å². The number of aromatic nitrogens is 2. The molecule has 0 amide bonds. The zero-order chi connectivity index (χ0) is 24.6. The molecule has 0 bridgehead atoms. The van der Waals surface area contributed by atoms with Gasteiger partial charge in [0.15, 0.2) is 12.2 Å². The van der Waals surface area contributed by atoms with Crippen molar-refractivity contribution in [3.05, 3.63) is 32.6 Å². The van der Waals surface area contributed by atoms with Gasteiger partial charge < -0.3 is 33.5 Å². The van der Waals surface area contributed by atoms with Crippen LogP contribution >= 0.6 is 24.2 Å². The Morgan fingerprint density at radius 1 is 1.06 bits per heavy atom. The second kappa shape index (κ2) is 9.84. The van der Waals surface area contributed by atoms with Crippen LogP contribution in [0, 0.1) is 0 Å². The first-order chi connectivity index (χ1) is 15.2. The summed E-state index contributed by atoms with van der Waals surface area (Å²) < 4.78 is 57.0. The lowest BCUT2D eigenvalue weighted by Crippen LogP contribution is -2.40. The Morgan fingerprint density at radius 3 is 2.18 bits per heavy atom. The molecule has 3 rings (SSSR count).